The van der Waals surface area contributed by atoms with E-state index in [1.54, 1.807) is 19.0 Å². The minimum atomic E-state index is 0.0719. The van der Waals surface area contributed by atoms with Gasteiger partial charge in [0.15, 0.2) is 0 Å². The van der Waals surface area contributed by atoms with Crippen molar-refractivity contribution in [2.24, 2.45) is 0 Å². The summed E-state index contributed by atoms with van der Waals surface area (Å²) in [4.78, 5) is 17.1. The minimum absolute atomic E-state index is 0.0719. The van der Waals surface area contributed by atoms with Gasteiger partial charge in [0.05, 0.1) is 12.2 Å². The van der Waals surface area contributed by atoms with Crippen LogP contribution in [-0.4, -0.2) is 36.4 Å². The lowest BCUT2D eigenvalue weighted by molar-refractivity contribution is -0.127. The summed E-state index contributed by atoms with van der Waals surface area (Å²) < 4.78 is 0. The molecule has 0 atom stereocenters. The van der Waals surface area contributed by atoms with Gasteiger partial charge in [0.25, 0.3) is 0 Å². The fourth-order valence-electron chi connectivity index (χ4n) is 1.15. The van der Waals surface area contributed by atoms with Crippen LogP contribution in [0, 0.1) is 6.92 Å². The average molecular weight is 207 g/mol. The number of rotatable bonds is 4. The van der Waals surface area contributed by atoms with E-state index in [0.29, 0.717) is 13.1 Å². The first-order valence-corrected chi connectivity index (χ1v) is 4.93. The molecule has 0 saturated carbocycles. The highest BCUT2D eigenvalue weighted by Crippen LogP contribution is 1.96. The van der Waals surface area contributed by atoms with E-state index in [2.05, 4.69) is 10.3 Å². The molecular formula is C11H17N3O. The maximum atomic E-state index is 11.2. The molecule has 0 aromatic carbocycles. The topological polar surface area (TPSA) is 45.2 Å². The van der Waals surface area contributed by atoms with Crippen LogP contribution in [0.15, 0.2) is 18.2 Å². The zero-order valence-electron chi connectivity index (χ0n) is 9.45. The van der Waals surface area contributed by atoms with Gasteiger partial charge in [0.2, 0.25) is 5.91 Å². The van der Waals surface area contributed by atoms with Crippen molar-refractivity contribution in [1.82, 2.24) is 15.2 Å². The van der Waals surface area contributed by atoms with E-state index in [-0.39, 0.29) is 5.91 Å². The van der Waals surface area contributed by atoms with Gasteiger partial charge < -0.3 is 10.2 Å². The van der Waals surface area contributed by atoms with Gasteiger partial charge >= 0.3 is 0 Å². The van der Waals surface area contributed by atoms with E-state index < -0.39 is 0 Å². The van der Waals surface area contributed by atoms with Crippen molar-refractivity contribution >= 4 is 5.91 Å². The van der Waals surface area contributed by atoms with Crippen molar-refractivity contribution in [3.8, 4) is 0 Å². The van der Waals surface area contributed by atoms with Gasteiger partial charge in [0, 0.05) is 26.3 Å². The Labute approximate surface area is 90.3 Å². The zero-order valence-corrected chi connectivity index (χ0v) is 9.45. The Balaban J connectivity index is 2.35. The molecule has 1 heterocycles. The maximum absolute atomic E-state index is 11.2. The molecule has 1 aromatic heterocycles. The van der Waals surface area contributed by atoms with Crippen molar-refractivity contribution in [1.29, 1.82) is 0 Å². The Kier molecular flexibility index (Phi) is 4.24. The summed E-state index contributed by atoms with van der Waals surface area (Å²) in [6, 6.07) is 5.86. The number of aromatic nitrogens is 1. The van der Waals surface area contributed by atoms with Crippen LogP contribution in [0.25, 0.3) is 0 Å². The first-order chi connectivity index (χ1) is 7.09. The van der Waals surface area contributed by atoms with Crippen molar-refractivity contribution in [2.45, 2.75) is 13.5 Å². The fraction of sp³-hybridized carbons (Fsp3) is 0.455. The summed E-state index contributed by atoms with van der Waals surface area (Å²) in [5.74, 6) is 0.0719. The molecule has 0 aliphatic heterocycles. The molecule has 15 heavy (non-hydrogen) atoms. The number of pyridine rings is 1. The van der Waals surface area contributed by atoms with E-state index in [0.717, 1.165) is 11.4 Å². The third-order valence-corrected chi connectivity index (χ3v) is 2.03. The number of hydrogen-bond acceptors (Lipinski definition) is 3. The Bertz CT molecular complexity index is 336. The molecule has 0 radical (unpaired) electrons. The van der Waals surface area contributed by atoms with Crippen LogP contribution in [-0.2, 0) is 11.3 Å². The third kappa shape index (κ3) is 4.08. The van der Waals surface area contributed by atoms with Gasteiger partial charge in [-0.1, -0.05) is 6.07 Å². The molecule has 82 valence electrons. The summed E-state index contributed by atoms with van der Waals surface area (Å²) in [5, 5.41) is 3.06. The van der Waals surface area contributed by atoms with E-state index in [9.17, 15) is 4.79 Å². The molecule has 0 spiro atoms. The molecule has 1 N–H and O–H groups in total. The van der Waals surface area contributed by atoms with Crippen LogP contribution in [0.5, 0.6) is 0 Å². The Morgan fingerprint density at radius 3 is 2.80 bits per heavy atom. The van der Waals surface area contributed by atoms with E-state index in [4.69, 9.17) is 0 Å². The molecule has 0 aliphatic rings. The molecule has 1 aromatic rings. The van der Waals surface area contributed by atoms with Gasteiger partial charge in [-0.25, -0.2) is 0 Å². The quantitative estimate of drug-likeness (QED) is 0.785. The number of amides is 1. The standard InChI is InChI=1S/C11H17N3O/c1-9-5-4-6-10(13-9)7-12-8-11(15)14(2)3/h4-6,12H,7-8H2,1-3H3. The van der Waals surface area contributed by atoms with Gasteiger partial charge in [-0.2, -0.15) is 0 Å². The van der Waals surface area contributed by atoms with Crippen LogP contribution >= 0.6 is 0 Å². The van der Waals surface area contributed by atoms with E-state index in [1.165, 1.54) is 0 Å². The summed E-state index contributed by atoms with van der Waals surface area (Å²) >= 11 is 0. The Hall–Kier alpha value is -1.42. The largest absolute Gasteiger partial charge is 0.348 e. The first kappa shape index (κ1) is 11.7. The van der Waals surface area contributed by atoms with Crippen LogP contribution in [0.3, 0.4) is 0 Å². The second kappa shape index (κ2) is 5.46. The van der Waals surface area contributed by atoms with Crippen molar-refractivity contribution < 1.29 is 4.79 Å². The van der Waals surface area contributed by atoms with Gasteiger partial charge in [-0.05, 0) is 19.1 Å². The zero-order chi connectivity index (χ0) is 11.3. The van der Waals surface area contributed by atoms with E-state index >= 15 is 0 Å². The number of aryl methyl sites for hydroxylation is 1. The monoisotopic (exact) mass is 207 g/mol. The lowest BCUT2D eigenvalue weighted by atomic mass is 10.3. The predicted octanol–water partition coefficient (Wildman–Crippen LogP) is 0.568. The predicted molar refractivity (Wildman–Crippen MR) is 59.4 cm³/mol. The molecule has 0 fully saturated rings. The summed E-state index contributed by atoms with van der Waals surface area (Å²) in [5.41, 5.74) is 1.95. The van der Waals surface area contributed by atoms with Crippen LogP contribution in [0.4, 0.5) is 0 Å². The van der Waals surface area contributed by atoms with Crippen LogP contribution in [0.2, 0.25) is 0 Å². The number of nitrogens with zero attached hydrogens (tertiary/aromatic N) is 2. The molecule has 0 bridgehead atoms. The fourth-order valence-corrected chi connectivity index (χ4v) is 1.15. The third-order valence-electron chi connectivity index (χ3n) is 2.03. The number of likely N-dealkylation sites (N-methyl/N-ethyl adjacent to an activating group) is 1. The highest BCUT2D eigenvalue weighted by molar-refractivity contribution is 5.77. The highest BCUT2D eigenvalue weighted by Gasteiger charge is 2.02. The van der Waals surface area contributed by atoms with Crippen LogP contribution < -0.4 is 5.32 Å². The maximum Gasteiger partial charge on any atom is 0.236 e. The molecular weight excluding hydrogens is 190 g/mol. The first-order valence-electron chi connectivity index (χ1n) is 4.93. The van der Waals surface area contributed by atoms with Crippen molar-refractivity contribution in [2.75, 3.05) is 20.6 Å². The number of carbonyl (C=O) groups excluding carboxylic acids is 1. The molecule has 0 aliphatic carbocycles. The molecule has 0 saturated heterocycles. The molecule has 4 heteroatoms. The molecule has 4 nitrogen and oxygen atoms in total. The normalized spacial score (nSPS) is 10.1. The van der Waals surface area contributed by atoms with Crippen molar-refractivity contribution in [3.63, 3.8) is 0 Å². The molecule has 1 rings (SSSR count). The van der Waals surface area contributed by atoms with Gasteiger partial charge in [0.1, 0.15) is 0 Å². The number of hydrogen-bond donors (Lipinski definition) is 1. The second-order valence-electron chi connectivity index (χ2n) is 3.66. The average Bonchev–Trinajstić information content (AvgIpc) is 2.17. The smallest absolute Gasteiger partial charge is 0.236 e. The lowest BCUT2D eigenvalue weighted by Crippen LogP contribution is -2.32. The van der Waals surface area contributed by atoms with E-state index in [1.807, 2.05) is 25.1 Å². The van der Waals surface area contributed by atoms with Gasteiger partial charge in [-0.3, -0.25) is 9.78 Å². The Morgan fingerprint density at radius 2 is 2.20 bits per heavy atom. The SMILES string of the molecule is Cc1cccc(CNCC(=O)N(C)C)n1. The van der Waals surface area contributed by atoms with Crippen molar-refractivity contribution in [3.05, 3.63) is 29.6 Å². The summed E-state index contributed by atoms with van der Waals surface area (Å²) in [7, 11) is 3.49. The lowest BCUT2D eigenvalue weighted by Gasteiger charge is -2.10. The number of nitrogens with one attached hydrogen (secondary N) is 1. The Morgan fingerprint density at radius 1 is 1.47 bits per heavy atom. The highest BCUT2D eigenvalue weighted by atomic mass is 16.2. The molecule has 0 unspecified atom stereocenters. The number of carbonyl (C=O) groups is 1. The molecule has 1 amide bonds. The van der Waals surface area contributed by atoms with Gasteiger partial charge in [-0.15, -0.1) is 0 Å². The van der Waals surface area contributed by atoms with Crippen LogP contribution in [0.1, 0.15) is 11.4 Å². The summed E-state index contributed by atoms with van der Waals surface area (Å²) in [6.45, 7) is 2.93. The summed E-state index contributed by atoms with van der Waals surface area (Å²) in [6.07, 6.45) is 0. The minimum Gasteiger partial charge on any atom is -0.348 e. The second-order valence-corrected chi connectivity index (χ2v) is 3.66.